The zero-order chi connectivity index (χ0) is 14.9. The first-order valence-corrected chi connectivity index (χ1v) is 7.05. The molecule has 0 radical (unpaired) electrons. The number of rotatable bonds is 3. The highest BCUT2D eigenvalue weighted by Crippen LogP contribution is 2.38. The molecule has 1 heterocycles. The number of Topliss-reactive ketones (excluding diaryl/α,β-unsaturated/α-hetero) is 1. The van der Waals surface area contributed by atoms with Crippen LogP contribution >= 0.6 is 11.6 Å². The molecule has 1 aliphatic heterocycles. The fourth-order valence-corrected chi connectivity index (χ4v) is 2.82. The third kappa shape index (κ3) is 2.24. The van der Waals surface area contributed by atoms with Gasteiger partial charge in [-0.15, -0.1) is 0 Å². The van der Waals surface area contributed by atoms with Gasteiger partial charge in [-0.3, -0.25) is 9.59 Å². The second-order valence-corrected chi connectivity index (χ2v) is 5.43. The molecular weight excluding hydrogens is 288 g/mol. The lowest BCUT2D eigenvalue weighted by Gasteiger charge is -2.23. The van der Waals surface area contributed by atoms with Gasteiger partial charge in [0, 0.05) is 17.0 Å². The van der Waals surface area contributed by atoms with Gasteiger partial charge in [0.25, 0.3) is 0 Å². The molecule has 1 saturated heterocycles. The Morgan fingerprint density at radius 2 is 1.71 bits per heavy atom. The molecular formula is C17H13ClO3. The maximum atomic E-state index is 12.9. The van der Waals surface area contributed by atoms with Crippen LogP contribution in [0.2, 0.25) is 5.02 Å². The fraction of sp³-hybridized carbons (Fsp3) is 0.176. The van der Waals surface area contributed by atoms with Gasteiger partial charge in [-0.2, -0.15) is 0 Å². The van der Waals surface area contributed by atoms with Crippen LogP contribution in [0.15, 0.2) is 54.6 Å². The molecule has 0 spiro atoms. The van der Waals surface area contributed by atoms with Crippen molar-refractivity contribution in [2.24, 2.45) is 0 Å². The summed E-state index contributed by atoms with van der Waals surface area (Å²) in [6, 6.07) is 15.6. The predicted octanol–water partition coefficient (Wildman–Crippen LogP) is 3.41. The lowest BCUT2D eigenvalue weighted by molar-refractivity contribution is -0.141. The highest BCUT2D eigenvalue weighted by Gasteiger charge is 2.52. The normalized spacial score (nSPS) is 21.1. The van der Waals surface area contributed by atoms with E-state index in [1.54, 1.807) is 48.5 Å². The SMILES string of the molecule is O=C1OCC[C@]1(C(=O)c1ccccc1)c1ccc(Cl)cc1. The van der Waals surface area contributed by atoms with Crippen molar-refractivity contribution in [2.75, 3.05) is 6.61 Å². The Hall–Kier alpha value is -2.13. The van der Waals surface area contributed by atoms with Crippen LogP contribution in [0.25, 0.3) is 0 Å². The first-order chi connectivity index (χ1) is 10.1. The molecule has 0 unspecified atom stereocenters. The summed E-state index contributed by atoms with van der Waals surface area (Å²) in [5.41, 5.74) is -0.124. The van der Waals surface area contributed by atoms with Crippen LogP contribution in [0.3, 0.4) is 0 Å². The quantitative estimate of drug-likeness (QED) is 0.496. The van der Waals surface area contributed by atoms with E-state index in [-0.39, 0.29) is 12.4 Å². The van der Waals surface area contributed by atoms with E-state index in [2.05, 4.69) is 0 Å². The van der Waals surface area contributed by atoms with Gasteiger partial charge in [-0.25, -0.2) is 0 Å². The van der Waals surface area contributed by atoms with Gasteiger partial charge in [0.15, 0.2) is 11.2 Å². The number of benzene rings is 2. The number of esters is 1. The van der Waals surface area contributed by atoms with Crippen LogP contribution in [-0.2, 0) is 14.9 Å². The van der Waals surface area contributed by atoms with E-state index in [0.29, 0.717) is 22.6 Å². The number of cyclic esters (lactones) is 1. The first kappa shape index (κ1) is 13.8. The largest absolute Gasteiger partial charge is 0.465 e. The Bertz CT molecular complexity index is 679. The fourth-order valence-electron chi connectivity index (χ4n) is 2.69. The molecule has 0 saturated carbocycles. The molecule has 0 bridgehead atoms. The van der Waals surface area contributed by atoms with Crippen LogP contribution in [0.5, 0.6) is 0 Å². The molecule has 3 rings (SSSR count). The summed E-state index contributed by atoms with van der Waals surface area (Å²) >= 11 is 5.90. The number of hydrogen-bond acceptors (Lipinski definition) is 3. The lowest BCUT2D eigenvalue weighted by Crippen LogP contribution is -2.40. The van der Waals surface area contributed by atoms with Crippen molar-refractivity contribution in [3.8, 4) is 0 Å². The van der Waals surface area contributed by atoms with Gasteiger partial charge in [0.2, 0.25) is 0 Å². The molecule has 1 atom stereocenters. The molecule has 0 aromatic heterocycles. The van der Waals surface area contributed by atoms with Gasteiger partial charge in [-0.1, -0.05) is 54.1 Å². The van der Waals surface area contributed by atoms with E-state index in [4.69, 9.17) is 16.3 Å². The third-order valence-electron chi connectivity index (χ3n) is 3.82. The molecule has 21 heavy (non-hydrogen) atoms. The number of hydrogen-bond donors (Lipinski definition) is 0. The van der Waals surface area contributed by atoms with E-state index >= 15 is 0 Å². The monoisotopic (exact) mass is 300 g/mol. The number of halogens is 1. The minimum atomic E-state index is -1.26. The van der Waals surface area contributed by atoms with Gasteiger partial charge >= 0.3 is 5.97 Å². The van der Waals surface area contributed by atoms with E-state index in [9.17, 15) is 9.59 Å². The lowest BCUT2D eigenvalue weighted by atomic mass is 9.73. The maximum Gasteiger partial charge on any atom is 0.324 e. The molecule has 2 aromatic rings. The molecule has 1 aliphatic rings. The molecule has 0 aliphatic carbocycles. The Kier molecular flexibility index (Phi) is 3.52. The second-order valence-electron chi connectivity index (χ2n) is 4.99. The summed E-state index contributed by atoms with van der Waals surface area (Å²) in [7, 11) is 0. The molecule has 1 fully saturated rings. The maximum absolute atomic E-state index is 12.9. The molecule has 0 amide bonds. The van der Waals surface area contributed by atoms with Crippen molar-refractivity contribution in [3.63, 3.8) is 0 Å². The highest BCUT2D eigenvalue weighted by atomic mass is 35.5. The molecule has 106 valence electrons. The topological polar surface area (TPSA) is 43.4 Å². The van der Waals surface area contributed by atoms with Crippen molar-refractivity contribution >= 4 is 23.4 Å². The second kappa shape index (κ2) is 5.34. The smallest absolute Gasteiger partial charge is 0.324 e. The van der Waals surface area contributed by atoms with E-state index in [1.807, 2.05) is 6.07 Å². The van der Waals surface area contributed by atoms with Gasteiger partial charge in [0.1, 0.15) is 0 Å². The van der Waals surface area contributed by atoms with Crippen LogP contribution in [0.4, 0.5) is 0 Å². The van der Waals surface area contributed by atoms with E-state index < -0.39 is 11.4 Å². The zero-order valence-corrected chi connectivity index (χ0v) is 12.0. The zero-order valence-electron chi connectivity index (χ0n) is 11.2. The summed E-state index contributed by atoms with van der Waals surface area (Å²) in [6.45, 7) is 0.250. The summed E-state index contributed by atoms with van der Waals surface area (Å²) in [5, 5.41) is 0.562. The minimum Gasteiger partial charge on any atom is -0.465 e. The predicted molar refractivity (Wildman–Crippen MR) is 79.5 cm³/mol. The van der Waals surface area contributed by atoms with Crippen molar-refractivity contribution in [3.05, 3.63) is 70.7 Å². The summed E-state index contributed by atoms with van der Waals surface area (Å²) in [6.07, 6.45) is 0.348. The average molecular weight is 301 g/mol. The van der Waals surface area contributed by atoms with Crippen molar-refractivity contribution in [2.45, 2.75) is 11.8 Å². The third-order valence-corrected chi connectivity index (χ3v) is 4.07. The Morgan fingerprint density at radius 1 is 1.05 bits per heavy atom. The van der Waals surface area contributed by atoms with Crippen LogP contribution in [0, 0.1) is 0 Å². The molecule has 2 aromatic carbocycles. The highest BCUT2D eigenvalue weighted by molar-refractivity contribution is 6.30. The van der Waals surface area contributed by atoms with Crippen LogP contribution in [0.1, 0.15) is 22.3 Å². The van der Waals surface area contributed by atoms with Gasteiger partial charge in [-0.05, 0) is 17.7 Å². The summed E-state index contributed by atoms with van der Waals surface area (Å²) < 4.78 is 5.10. The number of carbonyl (C=O) groups is 2. The van der Waals surface area contributed by atoms with Crippen molar-refractivity contribution < 1.29 is 14.3 Å². The number of carbonyl (C=O) groups excluding carboxylic acids is 2. The number of ether oxygens (including phenoxy) is 1. The van der Waals surface area contributed by atoms with Gasteiger partial charge < -0.3 is 4.74 Å². The first-order valence-electron chi connectivity index (χ1n) is 6.68. The van der Waals surface area contributed by atoms with E-state index in [1.165, 1.54) is 0 Å². The summed E-state index contributed by atoms with van der Waals surface area (Å²) in [4.78, 5) is 25.3. The molecule has 3 nitrogen and oxygen atoms in total. The van der Waals surface area contributed by atoms with E-state index in [0.717, 1.165) is 0 Å². The Labute approximate surface area is 127 Å². The average Bonchev–Trinajstić information content (AvgIpc) is 2.91. The minimum absolute atomic E-state index is 0.229. The van der Waals surface area contributed by atoms with Crippen LogP contribution in [-0.4, -0.2) is 18.4 Å². The standard InChI is InChI=1S/C17H13ClO3/c18-14-8-6-13(7-9-14)17(10-11-21-16(17)20)15(19)12-4-2-1-3-5-12/h1-9H,10-11H2/t17-/m1/s1. The van der Waals surface area contributed by atoms with Gasteiger partial charge in [0.05, 0.1) is 6.61 Å². The Balaban J connectivity index is 2.12. The van der Waals surface area contributed by atoms with Crippen molar-refractivity contribution in [1.29, 1.82) is 0 Å². The summed E-state index contributed by atoms with van der Waals surface area (Å²) in [5.74, 6) is -0.716. The van der Waals surface area contributed by atoms with Crippen molar-refractivity contribution in [1.82, 2.24) is 0 Å². The molecule has 0 N–H and O–H groups in total. The molecule has 4 heteroatoms. The number of ketones is 1. The van der Waals surface area contributed by atoms with Crippen LogP contribution < -0.4 is 0 Å². The Morgan fingerprint density at radius 3 is 2.29 bits per heavy atom.